The zero-order chi connectivity index (χ0) is 15.3. The van der Waals surface area contributed by atoms with Gasteiger partial charge in [0, 0.05) is 12.6 Å². The number of hydrogen-bond acceptors (Lipinski definition) is 3. The lowest BCUT2D eigenvalue weighted by molar-refractivity contribution is -0.158. The van der Waals surface area contributed by atoms with Crippen LogP contribution in [0.4, 0.5) is 13.2 Å². The maximum atomic E-state index is 12.5. The normalized spacial score (nSPS) is 15.8. The van der Waals surface area contributed by atoms with E-state index in [0.29, 0.717) is 13.0 Å². The Kier molecular flexibility index (Phi) is 6.79. The van der Waals surface area contributed by atoms with E-state index in [1.165, 1.54) is 6.92 Å². The Morgan fingerprint density at radius 2 is 1.84 bits per heavy atom. The standard InChI is InChI=1S/C12H23F3N2O2/c1-5-6-16-11(4,10(18)19)7-17(9(2)3)8-12(13,14)15/h9,16H,5-8H2,1-4H3,(H,18,19). The van der Waals surface area contributed by atoms with Crippen LogP contribution in [-0.2, 0) is 4.79 Å². The van der Waals surface area contributed by atoms with Crippen molar-refractivity contribution < 1.29 is 23.1 Å². The highest BCUT2D eigenvalue weighted by molar-refractivity contribution is 5.78. The molecule has 0 aromatic rings. The SMILES string of the molecule is CCCNC(C)(CN(CC(F)(F)F)C(C)C)C(=O)O. The highest BCUT2D eigenvalue weighted by Crippen LogP contribution is 2.20. The average Bonchev–Trinajstić information content (AvgIpc) is 2.23. The zero-order valence-corrected chi connectivity index (χ0v) is 11.8. The van der Waals surface area contributed by atoms with Crippen molar-refractivity contribution in [3.8, 4) is 0 Å². The summed E-state index contributed by atoms with van der Waals surface area (Å²) in [6.45, 7) is 5.66. The third kappa shape index (κ3) is 6.77. The molecular weight excluding hydrogens is 261 g/mol. The van der Waals surface area contributed by atoms with Gasteiger partial charge in [0.15, 0.2) is 0 Å². The van der Waals surface area contributed by atoms with E-state index in [9.17, 15) is 23.1 Å². The van der Waals surface area contributed by atoms with Crippen LogP contribution in [0.15, 0.2) is 0 Å². The Labute approximate surface area is 112 Å². The van der Waals surface area contributed by atoms with Crippen molar-refractivity contribution in [3.05, 3.63) is 0 Å². The summed E-state index contributed by atoms with van der Waals surface area (Å²) in [5, 5.41) is 12.0. The number of hydrogen-bond donors (Lipinski definition) is 2. The lowest BCUT2D eigenvalue weighted by Gasteiger charge is -2.35. The number of halogens is 3. The fourth-order valence-corrected chi connectivity index (χ4v) is 1.66. The second-order valence-corrected chi connectivity index (χ2v) is 5.18. The predicted octanol–water partition coefficient (Wildman–Crippen LogP) is 2.10. The second-order valence-electron chi connectivity index (χ2n) is 5.18. The lowest BCUT2D eigenvalue weighted by atomic mass is 10.0. The summed E-state index contributed by atoms with van der Waals surface area (Å²) < 4.78 is 37.5. The fraction of sp³-hybridized carbons (Fsp3) is 0.917. The number of carbonyl (C=O) groups is 1. The third-order valence-electron chi connectivity index (χ3n) is 2.87. The van der Waals surface area contributed by atoms with E-state index in [-0.39, 0.29) is 12.6 Å². The van der Waals surface area contributed by atoms with Gasteiger partial charge in [-0.15, -0.1) is 0 Å². The molecule has 19 heavy (non-hydrogen) atoms. The van der Waals surface area contributed by atoms with Crippen LogP contribution >= 0.6 is 0 Å². The van der Waals surface area contributed by atoms with Crippen LogP contribution in [0.3, 0.4) is 0 Å². The summed E-state index contributed by atoms with van der Waals surface area (Å²) >= 11 is 0. The molecule has 0 aliphatic carbocycles. The van der Waals surface area contributed by atoms with E-state index >= 15 is 0 Å². The monoisotopic (exact) mass is 284 g/mol. The number of nitrogens with zero attached hydrogens (tertiary/aromatic N) is 1. The number of aliphatic carboxylic acids is 1. The largest absolute Gasteiger partial charge is 0.480 e. The molecule has 1 atom stereocenters. The molecule has 0 heterocycles. The predicted molar refractivity (Wildman–Crippen MR) is 67.1 cm³/mol. The zero-order valence-electron chi connectivity index (χ0n) is 11.8. The van der Waals surface area contributed by atoms with E-state index in [2.05, 4.69) is 5.32 Å². The first-order valence-corrected chi connectivity index (χ1v) is 6.31. The van der Waals surface area contributed by atoms with Crippen molar-refractivity contribution in [1.29, 1.82) is 0 Å². The minimum absolute atomic E-state index is 0.195. The summed E-state index contributed by atoms with van der Waals surface area (Å²) in [5.74, 6) is -1.14. The third-order valence-corrected chi connectivity index (χ3v) is 2.87. The molecule has 0 bridgehead atoms. The van der Waals surface area contributed by atoms with Crippen molar-refractivity contribution in [1.82, 2.24) is 10.2 Å². The van der Waals surface area contributed by atoms with Crippen LogP contribution in [0.1, 0.15) is 34.1 Å². The van der Waals surface area contributed by atoms with Gasteiger partial charge in [0.05, 0.1) is 6.54 Å². The van der Waals surface area contributed by atoms with Gasteiger partial charge in [-0.25, -0.2) is 0 Å². The van der Waals surface area contributed by atoms with Crippen LogP contribution < -0.4 is 5.32 Å². The van der Waals surface area contributed by atoms with Crippen molar-refractivity contribution in [2.75, 3.05) is 19.6 Å². The fourth-order valence-electron chi connectivity index (χ4n) is 1.66. The first-order chi connectivity index (χ1) is 8.52. The van der Waals surface area contributed by atoms with Crippen LogP contribution in [-0.4, -0.2) is 53.4 Å². The van der Waals surface area contributed by atoms with Crippen molar-refractivity contribution in [2.45, 2.75) is 51.9 Å². The van der Waals surface area contributed by atoms with Crippen LogP contribution in [0.2, 0.25) is 0 Å². The van der Waals surface area contributed by atoms with Gasteiger partial charge in [-0.1, -0.05) is 6.92 Å². The van der Waals surface area contributed by atoms with Gasteiger partial charge < -0.3 is 10.4 Å². The maximum absolute atomic E-state index is 12.5. The second kappa shape index (κ2) is 7.09. The molecule has 0 amide bonds. The Bertz CT molecular complexity index is 295. The minimum Gasteiger partial charge on any atom is -0.480 e. The quantitative estimate of drug-likeness (QED) is 0.717. The summed E-state index contributed by atoms with van der Waals surface area (Å²) in [4.78, 5) is 12.4. The first kappa shape index (κ1) is 18.2. The van der Waals surface area contributed by atoms with Crippen LogP contribution in [0.25, 0.3) is 0 Å². The molecule has 0 aromatic heterocycles. The Hall–Kier alpha value is -0.820. The molecule has 0 saturated carbocycles. The number of alkyl halides is 3. The molecule has 1 unspecified atom stereocenters. The van der Waals surface area contributed by atoms with Gasteiger partial charge >= 0.3 is 12.1 Å². The molecular formula is C12H23F3N2O2. The molecule has 0 aromatic carbocycles. The molecule has 0 aliphatic heterocycles. The van der Waals surface area contributed by atoms with Gasteiger partial charge in [0.1, 0.15) is 5.54 Å². The summed E-state index contributed by atoms with van der Waals surface area (Å²) in [6, 6.07) is -0.385. The molecule has 0 rings (SSSR count). The number of nitrogens with one attached hydrogen (secondary N) is 1. The van der Waals surface area contributed by atoms with Gasteiger partial charge in [-0.2, -0.15) is 13.2 Å². The average molecular weight is 284 g/mol. The molecule has 0 aliphatic rings. The van der Waals surface area contributed by atoms with Gasteiger partial charge in [0.25, 0.3) is 0 Å². The van der Waals surface area contributed by atoms with Crippen molar-refractivity contribution in [3.63, 3.8) is 0 Å². The van der Waals surface area contributed by atoms with E-state index in [4.69, 9.17) is 0 Å². The maximum Gasteiger partial charge on any atom is 0.401 e. The van der Waals surface area contributed by atoms with E-state index < -0.39 is 24.2 Å². The Morgan fingerprint density at radius 3 is 2.16 bits per heavy atom. The Morgan fingerprint density at radius 1 is 1.32 bits per heavy atom. The van der Waals surface area contributed by atoms with E-state index in [0.717, 1.165) is 4.90 Å². The molecule has 0 fully saturated rings. The van der Waals surface area contributed by atoms with E-state index in [1.54, 1.807) is 13.8 Å². The van der Waals surface area contributed by atoms with Gasteiger partial charge in [-0.05, 0) is 33.7 Å². The number of rotatable bonds is 8. The molecule has 7 heteroatoms. The number of carboxylic acid groups (broad SMARTS) is 1. The molecule has 4 nitrogen and oxygen atoms in total. The summed E-state index contributed by atoms with van der Waals surface area (Å²) in [6.07, 6.45) is -3.63. The van der Waals surface area contributed by atoms with Crippen molar-refractivity contribution in [2.24, 2.45) is 0 Å². The smallest absolute Gasteiger partial charge is 0.401 e. The lowest BCUT2D eigenvalue weighted by Crippen LogP contribution is -2.59. The van der Waals surface area contributed by atoms with Gasteiger partial charge in [0.2, 0.25) is 0 Å². The van der Waals surface area contributed by atoms with E-state index in [1.807, 2.05) is 6.92 Å². The van der Waals surface area contributed by atoms with Gasteiger partial charge in [-0.3, -0.25) is 9.69 Å². The molecule has 0 saturated heterocycles. The van der Waals surface area contributed by atoms with Crippen LogP contribution in [0, 0.1) is 0 Å². The topological polar surface area (TPSA) is 52.6 Å². The molecule has 0 spiro atoms. The highest BCUT2D eigenvalue weighted by Gasteiger charge is 2.39. The highest BCUT2D eigenvalue weighted by atomic mass is 19.4. The number of carboxylic acids is 1. The summed E-state index contributed by atoms with van der Waals surface area (Å²) in [5.41, 5.74) is -1.38. The molecule has 114 valence electrons. The summed E-state index contributed by atoms with van der Waals surface area (Å²) in [7, 11) is 0. The molecule has 2 N–H and O–H groups in total. The Balaban J connectivity index is 4.90. The van der Waals surface area contributed by atoms with Crippen molar-refractivity contribution >= 4 is 5.97 Å². The van der Waals surface area contributed by atoms with Crippen LogP contribution in [0.5, 0.6) is 0 Å². The molecule has 0 radical (unpaired) electrons. The minimum atomic E-state index is -4.34. The first-order valence-electron chi connectivity index (χ1n) is 6.31.